The maximum absolute atomic E-state index is 11.2. The quantitative estimate of drug-likeness (QED) is 0.386. The van der Waals surface area contributed by atoms with Crippen LogP contribution in [0.25, 0.3) is 0 Å². The number of benzene rings is 2. The van der Waals surface area contributed by atoms with Gasteiger partial charge in [0.2, 0.25) is 0 Å². The van der Waals surface area contributed by atoms with Crippen molar-refractivity contribution in [2.24, 2.45) is 5.10 Å². The minimum Gasteiger partial charge on any atom is -0.371 e. The summed E-state index contributed by atoms with van der Waals surface area (Å²) < 4.78 is 1.46. The van der Waals surface area contributed by atoms with Crippen molar-refractivity contribution < 1.29 is 4.92 Å². The maximum atomic E-state index is 11.2. The van der Waals surface area contributed by atoms with E-state index in [1.807, 2.05) is 12.1 Å². The van der Waals surface area contributed by atoms with Gasteiger partial charge in [0.25, 0.3) is 5.69 Å². The van der Waals surface area contributed by atoms with Gasteiger partial charge in [-0.1, -0.05) is 30.3 Å². The number of anilines is 1. The monoisotopic (exact) mass is 376 g/mol. The van der Waals surface area contributed by atoms with E-state index in [0.717, 1.165) is 31.6 Å². The molecule has 2 heterocycles. The van der Waals surface area contributed by atoms with E-state index in [1.165, 1.54) is 22.9 Å². The predicted octanol–water partition coefficient (Wildman–Crippen LogP) is 3.45. The number of piperidine rings is 1. The molecule has 28 heavy (non-hydrogen) atoms. The van der Waals surface area contributed by atoms with Gasteiger partial charge in [0.15, 0.2) is 0 Å². The second-order valence-corrected chi connectivity index (χ2v) is 6.76. The van der Waals surface area contributed by atoms with Crippen molar-refractivity contribution in [3.8, 4) is 0 Å². The molecule has 8 nitrogen and oxygen atoms in total. The van der Waals surface area contributed by atoms with E-state index in [9.17, 15) is 10.1 Å². The van der Waals surface area contributed by atoms with Crippen molar-refractivity contribution in [3.05, 3.63) is 82.4 Å². The van der Waals surface area contributed by atoms with Crippen LogP contribution < -0.4 is 4.90 Å². The van der Waals surface area contributed by atoms with E-state index in [2.05, 4.69) is 44.5 Å². The van der Waals surface area contributed by atoms with E-state index in [-0.39, 0.29) is 10.6 Å². The topological polar surface area (TPSA) is 89.5 Å². The number of non-ortho nitro benzene ring substituents is 1. The molecule has 0 amide bonds. The molecule has 0 saturated carbocycles. The minimum atomic E-state index is -0.387. The van der Waals surface area contributed by atoms with Gasteiger partial charge >= 0.3 is 0 Å². The fourth-order valence-corrected chi connectivity index (χ4v) is 3.61. The molecule has 0 N–H and O–H groups in total. The summed E-state index contributed by atoms with van der Waals surface area (Å²) >= 11 is 0. The molecule has 1 saturated heterocycles. The van der Waals surface area contributed by atoms with Gasteiger partial charge in [0.1, 0.15) is 12.7 Å². The largest absolute Gasteiger partial charge is 0.371 e. The lowest BCUT2D eigenvalue weighted by Gasteiger charge is -2.34. The van der Waals surface area contributed by atoms with Crippen LogP contribution in [-0.4, -0.2) is 39.1 Å². The Kier molecular flexibility index (Phi) is 5.09. The van der Waals surface area contributed by atoms with E-state index in [4.69, 9.17) is 0 Å². The van der Waals surface area contributed by atoms with Crippen molar-refractivity contribution in [1.82, 2.24) is 14.9 Å². The molecule has 0 bridgehead atoms. The zero-order valence-electron chi connectivity index (χ0n) is 15.3. The molecule has 0 radical (unpaired) electrons. The summed E-state index contributed by atoms with van der Waals surface area (Å²) in [7, 11) is 0. The lowest BCUT2D eigenvalue weighted by Crippen LogP contribution is -2.33. The number of rotatable bonds is 5. The average Bonchev–Trinajstić information content (AvgIpc) is 3.26. The Morgan fingerprint density at radius 2 is 1.79 bits per heavy atom. The summed E-state index contributed by atoms with van der Waals surface area (Å²) in [5.74, 6) is 0.546. The number of nitrogens with zero attached hydrogens (tertiary/aromatic N) is 6. The summed E-state index contributed by atoms with van der Waals surface area (Å²) in [5, 5.41) is 22.9. The summed E-state index contributed by atoms with van der Waals surface area (Å²) in [6.45, 7) is 1.79. The lowest BCUT2D eigenvalue weighted by molar-refractivity contribution is -0.384. The molecule has 2 aromatic carbocycles. The fraction of sp³-hybridized carbons (Fsp3) is 0.250. The van der Waals surface area contributed by atoms with Gasteiger partial charge in [-0.05, 0) is 30.4 Å². The van der Waals surface area contributed by atoms with Crippen LogP contribution >= 0.6 is 0 Å². The SMILES string of the molecule is O=[N+]([O-])c1ccc(N2CCC(c3ccccc3)CC2)c(/C=N\n2cnnc2)c1. The first-order valence-electron chi connectivity index (χ1n) is 9.18. The van der Waals surface area contributed by atoms with E-state index < -0.39 is 0 Å². The summed E-state index contributed by atoms with van der Waals surface area (Å²) in [4.78, 5) is 13.1. The van der Waals surface area contributed by atoms with Gasteiger partial charge in [0, 0.05) is 36.5 Å². The van der Waals surface area contributed by atoms with Crippen molar-refractivity contribution in [3.63, 3.8) is 0 Å². The third-order valence-electron chi connectivity index (χ3n) is 5.07. The zero-order valence-corrected chi connectivity index (χ0v) is 15.3. The van der Waals surface area contributed by atoms with Crippen molar-refractivity contribution >= 4 is 17.6 Å². The molecule has 0 aliphatic carbocycles. The molecular formula is C20H20N6O2. The van der Waals surface area contributed by atoms with Crippen LogP contribution in [0.1, 0.15) is 29.9 Å². The highest BCUT2D eigenvalue weighted by atomic mass is 16.6. The van der Waals surface area contributed by atoms with Crippen LogP contribution in [-0.2, 0) is 0 Å². The normalized spacial score (nSPS) is 15.2. The average molecular weight is 376 g/mol. The van der Waals surface area contributed by atoms with E-state index in [1.54, 1.807) is 18.3 Å². The van der Waals surface area contributed by atoms with Gasteiger partial charge in [-0.3, -0.25) is 10.1 Å². The number of hydrogen-bond acceptors (Lipinski definition) is 6. The molecule has 8 heteroatoms. The molecule has 1 aliphatic heterocycles. The van der Waals surface area contributed by atoms with Crippen LogP contribution in [0.4, 0.5) is 11.4 Å². The van der Waals surface area contributed by atoms with Gasteiger partial charge in [0.05, 0.1) is 11.1 Å². The first-order chi connectivity index (χ1) is 13.7. The summed E-state index contributed by atoms with van der Waals surface area (Å²) in [6.07, 6.45) is 6.65. The second kappa shape index (κ2) is 7.99. The smallest absolute Gasteiger partial charge is 0.270 e. The molecule has 0 spiro atoms. The Hall–Kier alpha value is -3.55. The molecule has 0 unspecified atom stereocenters. The Bertz CT molecular complexity index is 964. The number of nitro benzene ring substituents is 1. The highest BCUT2D eigenvalue weighted by molar-refractivity contribution is 5.89. The van der Waals surface area contributed by atoms with Crippen LogP contribution in [0, 0.1) is 10.1 Å². The molecule has 4 rings (SSSR count). The first kappa shape index (κ1) is 17.8. The highest BCUT2D eigenvalue weighted by Gasteiger charge is 2.23. The second-order valence-electron chi connectivity index (χ2n) is 6.76. The Balaban J connectivity index is 1.56. The molecule has 142 valence electrons. The molecule has 1 fully saturated rings. The Morgan fingerprint density at radius 3 is 2.46 bits per heavy atom. The van der Waals surface area contributed by atoms with Crippen LogP contribution in [0.3, 0.4) is 0 Å². The first-order valence-corrected chi connectivity index (χ1v) is 9.18. The molecule has 1 aromatic heterocycles. The van der Waals surface area contributed by atoms with E-state index in [0.29, 0.717) is 11.5 Å². The number of nitro groups is 1. The van der Waals surface area contributed by atoms with E-state index >= 15 is 0 Å². The van der Waals surface area contributed by atoms with Crippen LogP contribution in [0.15, 0.2) is 66.3 Å². The molecule has 1 aliphatic rings. The van der Waals surface area contributed by atoms with Gasteiger partial charge in [-0.2, -0.15) is 5.10 Å². The third-order valence-corrected chi connectivity index (χ3v) is 5.07. The van der Waals surface area contributed by atoms with Crippen LogP contribution in [0.5, 0.6) is 0 Å². The molecular weight excluding hydrogens is 356 g/mol. The third kappa shape index (κ3) is 3.90. The zero-order chi connectivity index (χ0) is 19.3. The van der Waals surface area contributed by atoms with Gasteiger partial charge in [-0.25, -0.2) is 4.68 Å². The van der Waals surface area contributed by atoms with Crippen LogP contribution in [0.2, 0.25) is 0 Å². The van der Waals surface area contributed by atoms with Gasteiger partial charge in [-0.15, -0.1) is 10.2 Å². The summed E-state index contributed by atoms with van der Waals surface area (Å²) in [5.41, 5.74) is 3.09. The standard InChI is InChI=1S/C20H20N6O2/c27-26(28)19-6-7-20(18(12-19)13-23-25-14-21-22-15-25)24-10-8-17(9-11-24)16-4-2-1-3-5-16/h1-7,12-15,17H,8-11H2/b23-13-. The highest BCUT2D eigenvalue weighted by Crippen LogP contribution is 2.32. The predicted molar refractivity (Wildman–Crippen MR) is 107 cm³/mol. The lowest BCUT2D eigenvalue weighted by atomic mass is 9.89. The molecule has 3 aromatic rings. The summed E-state index contributed by atoms with van der Waals surface area (Å²) in [6, 6.07) is 15.5. The molecule has 0 atom stereocenters. The van der Waals surface area contributed by atoms with Crippen molar-refractivity contribution in [2.45, 2.75) is 18.8 Å². The van der Waals surface area contributed by atoms with Crippen molar-refractivity contribution in [1.29, 1.82) is 0 Å². The fourth-order valence-electron chi connectivity index (χ4n) is 3.61. The Labute approximate surface area is 162 Å². The van der Waals surface area contributed by atoms with Crippen molar-refractivity contribution in [2.75, 3.05) is 18.0 Å². The van der Waals surface area contributed by atoms with Gasteiger partial charge < -0.3 is 4.90 Å². The Morgan fingerprint density at radius 1 is 1.07 bits per heavy atom. The minimum absolute atomic E-state index is 0.0492. The number of aromatic nitrogens is 3. The maximum Gasteiger partial charge on any atom is 0.270 e. The number of hydrogen-bond donors (Lipinski definition) is 0.